The van der Waals surface area contributed by atoms with Crippen LogP contribution in [0.2, 0.25) is 0 Å². The van der Waals surface area contributed by atoms with Crippen LogP contribution in [0, 0.1) is 0 Å². The zero-order valence-corrected chi connectivity index (χ0v) is 8.43. The Bertz CT molecular complexity index is 464. The van der Waals surface area contributed by atoms with Gasteiger partial charge in [0, 0.05) is 18.5 Å². The average molecular weight is 208 g/mol. The summed E-state index contributed by atoms with van der Waals surface area (Å²) in [6, 6.07) is 1.09. The van der Waals surface area contributed by atoms with Crippen molar-refractivity contribution in [1.82, 2.24) is 9.55 Å². The fraction of sp³-hybridized carbons (Fsp3) is 0.500. The number of carboxylic acids is 1. The molecule has 0 aromatic carbocycles. The van der Waals surface area contributed by atoms with Crippen LogP contribution in [-0.2, 0) is 6.54 Å². The molecular formula is C10H12N2O3. The minimum absolute atomic E-state index is 0.153. The van der Waals surface area contributed by atoms with Gasteiger partial charge < -0.3 is 5.11 Å². The minimum Gasteiger partial charge on any atom is -0.477 e. The van der Waals surface area contributed by atoms with Gasteiger partial charge in [-0.25, -0.2) is 9.78 Å². The first kappa shape index (κ1) is 9.89. The second-order valence-electron chi connectivity index (χ2n) is 3.84. The molecule has 1 aromatic rings. The summed E-state index contributed by atoms with van der Waals surface area (Å²) in [4.78, 5) is 26.3. The van der Waals surface area contributed by atoms with Crippen molar-refractivity contribution < 1.29 is 9.90 Å². The molecule has 2 rings (SSSR count). The van der Waals surface area contributed by atoms with Crippen LogP contribution < -0.4 is 5.56 Å². The maximum atomic E-state index is 11.6. The quantitative estimate of drug-likeness (QED) is 0.742. The van der Waals surface area contributed by atoms with Gasteiger partial charge >= 0.3 is 5.97 Å². The van der Waals surface area contributed by atoms with E-state index in [9.17, 15) is 9.59 Å². The highest BCUT2D eigenvalue weighted by atomic mass is 16.4. The predicted molar refractivity (Wildman–Crippen MR) is 53.1 cm³/mol. The molecule has 0 spiro atoms. The van der Waals surface area contributed by atoms with E-state index in [0.29, 0.717) is 12.4 Å². The van der Waals surface area contributed by atoms with Crippen LogP contribution in [0.5, 0.6) is 0 Å². The van der Waals surface area contributed by atoms with E-state index in [-0.39, 0.29) is 17.2 Å². The first-order valence-electron chi connectivity index (χ1n) is 4.94. The Kier molecular flexibility index (Phi) is 2.30. The molecule has 0 amide bonds. The van der Waals surface area contributed by atoms with E-state index in [1.165, 1.54) is 0 Å². The van der Waals surface area contributed by atoms with Gasteiger partial charge in [-0.15, -0.1) is 0 Å². The predicted octanol–water partition coefficient (Wildman–Crippen LogP) is 0.839. The Morgan fingerprint density at radius 3 is 3.07 bits per heavy atom. The van der Waals surface area contributed by atoms with Gasteiger partial charge in [-0.3, -0.25) is 9.36 Å². The lowest BCUT2D eigenvalue weighted by molar-refractivity contribution is 0.0689. The molecule has 5 nitrogen and oxygen atoms in total. The van der Waals surface area contributed by atoms with E-state index in [1.807, 2.05) is 6.92 Å². The number of aromatic carboxylic acids is 1. The van der Waals surface area contributed by atoms with Crippen LogP contribution >= 0.6 is 0 Å². The topological polar surface area (TPSA) is 72.2 Å². The van der Waals surface area contributed by atoms with Gasteiger partial charge in [0.1, 0.15) is 5.82 Å². The third kappa shape index (κ3) is 1.65. The molecule has 5 heteroatoms. The highest BCUT2D eigenvalue weighted by molar-refractivity contribution is 5.85. The summed E-state index contributed by atoms with van der Waals surface area (Å²) in [5.74, 6) is -0.384. The molecule has 2 heterocycles. The number of hydrogen-bond acceptors (Lipinski definition) is 3. The summed E-state index contributed by atoms with van der Waals surface area (Å²) < 4.78 is 1.57. The molecule has 1 N–H and O–H groups in total. The first-order valence-corrected chi connectivity index (χ1v) is 4.94. The standard InChI is InChI=1S/C10H12N2O3/c1-6-3-2-4-12-8(13)5-7(10(14)15)11-9(6)12/h5-6H,2-4H2,1H3,(H,14,15). The smallest absolute Gasteiger partial charge is 0.354 e. The number of carbonyl (C=O) groups is 1. The SMILES string of the molecule is CC1CCCn2c1nc(C(=O)O)cc2=O. The summed E-state index contributed by atoms with van der Waals surface area (Å²) >= 11 is 0. The molecule has 15 heavy (non-hydrogen) atoms. The molecule has 0 saturated heterocycles. The summed E-state index contributed by atoms with van der Waals surface area (Å²) in [7, 11) is 0. The molecule has 0 aliphatic carbocycles. The van der Waals surface area contributed by atoms with Gasteiger partial charge in [0.25, 0.3) is 5.56 Å². The van der Waals surface area contributed by atoms with Gasteiger partial charge in [0.15, 0.2) is 5.69 Å². The summed E-state index contributed by atoms with van der Waals surface area (Å²) in [5, 5.41) is 8.79. The monoisotopic (exact) mass is 208 g/mol. The third-order valence-electron chi connectivity index (χ3n) is 2.72. The Morgan fingerprint density at radius 1 is 1.67 bits per heavy atom. The Labute approximate surface area is 86.4 Å². The summed E-state index contributed by atoms with van der Waals surface area (Å²) in [5.41, 5.74) is -0.413. The van der Waals surface area contributed by atoms with Crippen LogP contribution in [0.3, 0.4) is 0 Å². The Morgan fingerprint density at radius 2 is 2.40 bits per heavy atom. The van der Waals surface area contributed by atoms with Crippen molar-refractivity contribution in [1.29, 1.82) is 0 Å². The normalized spacial score (nSPS) is 19.7. The second kappa shape index (κ2) is 3.49. The lowest BCUT2D eigenvalue weighted by Gasteiger charge is -2.22. The maximum Gasteiger partial charge on any atom is 0.354 e. The molecule has 1 unspecified atom stereocenters. The van der Waals surface area contributed by atoms with Crippen molar-refractivity contribution in [3.63, 3.8) is 0 Å². The maximum absolute atomic E-state index is 11.6. The van der Waals surface area contributed by atoms with Gasteiger partial charge in [0.05, 0.1) is 0 Å². The van der Waals surface area contributed by atoms with E-state index in [1.54, 1.807) is 4.57 Å². The van der Waals surface area contributed by atoms with Crippen LogP contribution in [0.25, 0.3) is 0 Å². The van der Waals surface area contributed by atoms with E-state index in [2.05, 4.69) is 4.98 Å². The second-order valence-corrected chi connectivity index (χ2v) is 3.84. The van der Waals surface area contributed by atoms with Crippen molar-refractivity contribution in [2.24, 2.45) is 0 Å². The molecule has 1 aromatic heterocycles. The van der Waals surface area contributed by atoms with E-state index < -0.39 is 5.97 Å². The molecule has 1 atom stereocenters. The van der Waals surface area contributed by atoms with Crippen molar-refractivity contribution in [2.75, 3.05) is 0 Å². The van der Waals surface area contributed by atoms with E-state index >= 15 is 0 Å². The highest BCUT2D eigenvalue weighted by Gasteiger charge is 2.21. The van der Waals surface area contributed by atoms with Crippen LogP contribution in [0.4, 0.5) is 0 Å². The lowest BCUT2D eigenvalue weighted by Crippen LogP contribution is -2.30. The van der Waals surface area contributed by atoms with Crippen LogP contribution in [0.1, 0.15) is 42.0 Å². The van der Waals surface area contributed by atoms with Crippen LogP contribution in [0.15, 0.2) is 10.9 Å². The average Bonchev–Trinajstić information content (AvgIpc) is 2.19. The fourth-order valence-electron chi connectivity index (χ4n) is 1.92. The lowest BCUT2D eigenvalue weighted by atomic mass is 10.0. The summed E-state index contributed by atoms with van der Waals surface area (Å²) in [6.07, 6.45) is 1.90. The van der Waals surface area contributed by atoms with Crippen molar-refractivity contribution in [2.45, 2.75) is 32.2 Å². The van der Waals surface area contributed by atoms with Crippen LogP contribution in [-0.4, -0.2) is 20.6 Å². The summed E-state index contributed by atoms with van der Waals surface area (Å²) in [6.45, 7) is 2.61. The molecule has 0 bridgehead atoms. The fourth-order valence-corrected chi connectivity index (χ4v) is 1.92. The molecule has 1 aliphatic rings. The minimum atomic E-state index is -1.15. The first-order chi connectivity index (χ1) is 7.09. The number of carboxylic acid groups (broad SMARTS) is 1. The molecule has 1 aliphatic heterocycles. The number of aromatic nitrogens is 2. The number of fused-ring (bicyclic) bond motifs is 1. The Balaban J connectivity index is 2.62. The zero-order valence-electron chi connectivity index (χ0n) is 8.43. The van der Waals surface area contributed by atoms with Gasteiger partial charge in [-0.1, -0.05) is 6.92 Å². The molecular weight excluding hydrogens is 196 g/mol. The van der Waals surface area contributed by atoms with Gasteiger partial charge in [-0.05, 0) is 12.8 Å². The van der Waals surface area contributed by atoms with Crippen molar-refractivity contribution in [3.05, 3.63) is 27.9 Å². The largest absolute Gasteiger partial charge is 0.477 e. The Hall–Kier alpha value is -1.65. The number of rotatable bonds is 1. The molecule has 0 radical (unpaired) electrons. The molecule has 80 valence electrons. The van der Waals surface area contributed by atoms with E-state index in [4.69, 9.17) is 5.11 Å². The van der Waals surface area contributed by atoms with E-state index in [0.717, 1.165) is 18.9 Å². The van der Waals surface area contributed by atoms with Gasteiger partial charge in [-0.2, -0.15) is 0 Å². The third-order valence-corrected chi connectivity index (χ3v) is 2.72. The molecule has 0 fully saturated rings. The number of hydrogen-bond donors (Lipinski definition) is 1. The molecule has 0 saturated carbocycles. The van der Waals surface area contributed by atoms with Crippen molar-refractivity contribution >= 4 is 5.97 Å². The van der Waals surface area contributed by atoms with Crippen molar-refractivity contribution in [3.8, 4) is 0 Å². The highest BCUT2D eigenvalue weighted by Crippen LogP contribution is 2.23. The van der Waals surface area contributed by atoms with Gasteiger partial charge in [0.2, 0.25) is 0 Å². The number of nitrogens with zero attached hydrogens (tertiary/aromatic N) is 2. The zero-order chi connectivity index (χ0) is 11.0.